The highest BCUT2D eigenvalue weighted by Gasteiger charge is 2.37. The van der Waals surface area contributed by atoms with Gasteiger partial charge in [-0.2, -0.15) is 0 Å². The van der Waals surface area contributed by atoms with Crippen LogP contribution in [-0.4, -0.2) is 9.13 Å². The van der Waals surface area contributed by atoms with Crippen LogP contribution in [0.4, 0.5) is 34.1 Å². The molecule has 0 aliphatic heterocycles. The van der Waals surface area contributed by atoms with E-state index >= 15 is 0 Å². The molecular formula is C75H54N4. The van der Waals surface area contributed by atoms with Crippen molar-refractivity contribution >= 4 is 77.7 Å². The number of fused-ring (bicyclic) bond motifs is 9. The van der Waals surface area contributed by atoms with Crippen LogP contribution in [-0.2, 0) is 5.41 Å². The monoisotopic (exact) mass is 1010 g/mol. The maximum Gasteiger partial charge on any atom is 0.0542 e. The summed E-state index contributed by atoms with van der Waals surface area (Å²) >= 11 is 0. The number of hydrogen-bond donors (Lipinski definition) is 0. The molecule has 0 N–H and O–H groups in total. The number of benzene rings is 12. The highest BCUT2D eigenvalue weighted by atomic mass is 15.2. The van der Waals surface area contributed by atoms with E-state index in [0.29, 0.717) is 0 Å². The second-order valence-electron chi connectivity index (χ2n) is 21.4. The van der Waals surface area contributed by atoms with Crippen molar-refractivity contribution in [1.29, 1.82) is 0 Å². The minimum atomic E-state index is -0.331. The smallest absolute Gasteiger partial charge is 0.0542 e. The van der Waals surface area contributed by atoms with Gasteiger partial charge >= 0.3 is 0 Å². The van der Waals surface area contributed by atoms with Gasteiger partial charge in [-0.3, -0.25) is 0 Å². The van der Waals surface area contributed by atoms with E-state index in [2.05, 4.69) is 324 Å². The molecule has 1 aliphatic carbocycles. The van der Waals surface area contributed by atoms with Gasteiger partial charge in [0.25, 0.3) is 0 Å². The zero-order chi connectivity index (χ0) is 52.6. The molecule has 0 radical (unpaired) electrons. The summed E-state index contributed by atoms with van der Waals surface area (Å²) in [6.07, 6.45) is 0. The van der Waals surface area contributed by atoms with Gasteiger partial charge in [0.2, 0.25) is 0 Å². The van der Waals surface area contributed by atoms with E-state index in [1.54, 1.807) is 0 Å². The lowest BCUT2D eigenvalue weighted by molar-refractivity contribution is 0.660. The Hall–Kier alpha value is -10.2. The fourth-order valence-electron chi connectivity index (χ4n) is 12.7. The van der Waals surface area contributed by atoms with Crippen LogP contribution in [0.1, 0.15) is 25.0 Å². The quantitative estimate of drug-likeness (QED) is 0.136. The Labute approximate surface area is 460 Å². The normalized spacial score (nSPS) is 12.5. The zero-order valence-corrected chi connectivity index (χ0v) is 44.0. The van der Waals surface area contributed by atoms with Crippen LogP contribution in [0.5, 0.6) is 0 Å². The molecule has 374 valence electrons. The number of rotatable bonds is 10. The van der Waals surface area contributed by atoms with Crippen LogP contribution < -0.4 is 9.80 Å². The van der Waals surface area contributed by atoms with Crippen molar-refractivity contribution in [2.24, 2.45) is 0 Å². The molecule has 0 saturated heterocycles. The Balaban J connectivity index is 0.863. The van der Waals surface area contributed by atoms with Gasteiger partial charge in [-0.1, -0.05) is 184 Å². The van der Waals surface area contributed by atoms with E-state index in [1.165, 1.54) is 88.1 Å². The largest absolute Gasteiger partial charge is 0.310 e. The summed E-state index contributed by atoms with van der Waals surface area (Å²) in [6.45, 7) is 4.80. The molecule has 0 atom stereocenters. The lowest BCUT2D eigenvalue weighted by atomic mass is 9.82. The standard InChI is InChI=1S/C75H54N4/c1-75(2)69-49-61(76(57-35-31-53(32-36-57)51-19-7-3-8-20-51)59-41-45-73-67(47-59)65-27-15-17-29-71(65)78(73)55-23-11-5-12-24-55)39-43-63(69)64-44-40-62(50-70(64)75)77(58-37-33-54(34-38-58)52-21-9-4-10-22-52)60-42-46-74-68(48-60)66-28-16-18-30-72(66)79(74)56-25-13-6-14-26-56/h3-50H,1-2H3. The topological polar surface area (TPSA) is 16.3 Å². The second kappa shape index (κ2) is 18.5. The first-order valence-electron chi connectivity index (χ1n) is 27.3. The van der Waals surface area contributed by atoms with E-state index in [1.807, 2.05) is 0 Å². The van der Waals surface area contributed by atoms with Gasteiger partial charge in [0, 0.05) is 72.5 Å². The van der Waals surface area contributed by atoms with E-state index < -0.39 is 0 Å². The predicted octanol–water partition coefficient (Wildman–Crippen LogP) is 20.5. The minimum absolute atomic E-state index is 0.331. The number of hydrogen-bond acceptors (Lipinski definition) is 2. The average Bonchev–Trinajstić information content (AvgIpc) is 4.32. The molecule has 1 aliphatic rings. The molecule has 79 heavy (non-hydrogen) atoms. The van der Waals surface area contributed by atoms with Gasteiger partial charge in [-0.05, 0) is 166 Å². The molecule has 15 rings (SSSR count). The maximum absolute atomic E-state index is 2.45. The maximum atomic E-state index is 2.45. The van der Waals surface area contributed by atoms with Gasteiger partial charge in [0.15, 0.2) is 0 Å². The summed E-state index contributed by atoms with van der Waals surface area (Å²) in [5, 5.41) is 4.88. The Kier molecular flexibility index (Phi) is 10.8. The third-order valence-corrected chi connectivity index (χ3v) is 16.5. The lowest BCUT2D eigenvalue weighted by Gasteiger charge is -2.29. The number of anilines is 6. The summed E-state index contributed by atoms with van der Waals surface area (Å²) in [7, 11) is 0. The van der Waals surface area contributed by atoms with Gasteiger partial charge in [0.05, 0.1) is 22.1 Å². The summed E-state index contributed by atoms with van der Waals surface area (Å²) in [5.41, 5.74) is 23.2. The van der Waals surface area contributed by atoms with E-state index in [9.17, 15) is 0 Å². The molecule has 0 fully saturated rings. The van der Waals surface area contributed by atoms with Gasteiger partial charge in [-0.25, -0.2) is 0 Å². The first kappa shape index (κ1) is 46.2. The van der Waals surface area contributed by atoms with Gasteiger partial charge < -0.3 is 18.9 Å². The van der Waals surface area contributed by atoms with Crippen LogP contribution in [0.15, 0.2) is 291 Å². The third kappa shape index (κ3) is 7.67. The SMILES string of the molecule is CC1(C)c2cc(N(c3ccc(-c4ccccc4)cc3)c3ccc4c(c3)c3ccccc3n4-c3ccccc3)ccc2-c2ccc(N(c3ccc(-c4ccccc4)cc3)c3ccc4c(c3)c3ccccc3n4-c3ccccc3)cc21. The third-order valence-electron chi connectivity index (χ3n) is 16.5. The Morgan fingerprint density at radius 2 is 0.557 bits per heavy atom. The molecule has 0 unspecified atom stereocenters. The number of para-hydroxylation sites is 4. The highest BCUT2D eigenvalue weighted by Crippen LogP contribution is 2.53. The molecule has 14 aromatic rings. The molecule has 2 aromatic heterocycles. The summed E-state index contributed by atoms with van der Waals surface area (Å²) in [4.78, 5) is 4.89. The van der Waals surface area contributed by atoms with Crippen LogP contribution in [0.3, 0.4) is 0 Å². The lowest BCUT2D eigenvalue weighted by Crippen LogP contribution is -2.17. The van der Waals surface area contributed by atoms with Crippen LogP contribution in [0.2, 0.25) is 0 Å². The fraction of sp³-hybridized carbons (Fsp3) is 0.0400. The van der Waals surface area contributed by atoms with Crippen molar-refractivity contribution in [3.63, 3.8) is 0 Å². The van der Waals surface area contributed by atoms with Crippen LogP contribution >= 0.6 is 0 Å². The zero-order valence-electron chi connectivity index (χ0n) is 44.0. The number of nitrogens with zero attached hydrogens (tertiary/aromatic N) is 4. The predicted molar refractivity (Wildman–Crippen MR) is 333 cm³/mol. The first-order chi connectivity index (χ1) is 38.9. The van der Waals surface area contributed by atoms with Gasteiger partial charge in [0.1, 0.15) is 0 Å². The van der Waals surface area contributed by atoms with E-state index in [-0.39, 0.29) is 5.41 Å². The molecule has 4 heteroatoms. The van der Waals surface area contributed by atoms with Crippen molar-refractivity contribution < 1.29 is 0 Å². The summed E-state index contributed by atoms with van der Waals surface area (Å²) in [6, 6.07) is 107. The summed E-state index contributed by atoms with van der Waals surface area (Å²) in [5.74, 6) is 0. The Morgan fingerprint density at radius 1 is 0.253 bits per heavy atom. The van der Waals surface area contributed by atoms with Gasteiger partial charge in [-0.15, -0.1) is 0 Å². The molecule has 0 bridgehead atoms. The van der Waals surface area contributed by atoms with Crippen molar-refractivity contribution in [3.05, 3.63) is 302 Å². The number of aromatic nitrogens is 2. The first-order valence-corrected chi connectivity index (χ1v) is 27.3. The molecule has 12 aromatic carbocycles. The molecule has 0 saturated carbocycles. The molecule has 0 amide bonds. The fourth-order valence-corrected chi connectivity index (χ4v) is 12.7. The molecule has 0 spiro atoms. The van der Waals surface area contributed by atoms with Crippen molar-refractivity contribution in [3.8, 4) is 44.8 Å². The average molecular weight is 1010 g/mol. The van der Waals surface area contributed by atoms with Crippen molar-refractivity contribution in [2.75, 3.05) is 9.80 Å². The van der Waals surface area contributed by atoms with Crippen molar-refractivity contribution in [1.82, 2.24) is 9.13 Å². The van der Waals surface area contributed by atoms with E-state index in [4.69, 9.17) is 0 Å². The Morgan fingerprint density at radius 3 is 0.962 bits per heavy atom. The van der Waals surface area contributed by atoms with Crippen LogP contribution in [0, 0.1) is 0 Å². The van der Waals surface area contributed by atoms with Crippen molar-refractivity contribution in [2.45, 2.75) is 19.3 Å². The molecular weight excluding hydrogens is 957 g/mol. The molecule has 4 nitrogen and oxygen atoms in total. The molecule has 2 heterocycles. The second-order valence-corrected chi connectivity index (χ2v) is 21.4. The summed E-state index contributed by atoms with van der Waals surface area (Å²) < 4.78 is 4.78. The Bertz CT molecular complexity index is 4300. The van der Waals surface area contributed by atoms with E-state index in [0.717, 1.165) is 45.5 Å². The highest BCUT2D eigenvalue weighted by molar-refractivity contribution is 6.12. The van der Waals surface area contributed by atoms with Crippen LogP contribution in [0.25, 0.3) is 88.4 Å². The minimum Gasteiger partial charge on any atom is -0.310 e.